The molecule has 142 valence electrons. The molecule has 0 bridgehead atoms. The number of hydrogen-bond donors (Lipinski definition) is 0. The van der Waals surface area contributed by atoms with Crippen LogP contribution in [0.15, 0.2) is 18.2 Å². The topological polar surface area (TPSA) is 62.6 Å². The van der Waals surface area contributed by atoms with E-state index in [0.717, 1.165) is 12.1 Å². The smallest absolute Gasteiger partial charge is 0.433 e. The Balaban J connectivity index is 2.44. The van der Waals surface area contributed by atoms with E-state index in [1.165, 1.54) is 13.0 Å². The number of nitrogens with zero attached hydrogens (tertiary/aromatic N) is 2. The molecular formula is C15H12F6N2O3. The number of nitriles is 1. The lowest BCUT2D eigenvalue weighted by Crippen LogP contribution is -2.42. The Morgan fingerprint density at radius 1 is 1.35 bits per heavy atom. The molecule has 0 N–H and O–H groups in total. The summed E-state index contributed by atoms with van der Waals surface area (Å²) in [6.45, 7) is 0.707. The molecule has 0 aromatic heterocycles. The van der Waals surface area contributed by atoms with Gasteiger partial charge in [0, 0.05) is 5.69 Å². The average Bonchev–Trinajstić information content (AvgIpc) is 2.99. The van der Waals surface area contributed by atoms with Crippen LogP contribution in [0.5, 0.6) is 0 Å². The maximum atomic E-state index is 13.2. The number of benzene rings is 1. The van der Waals surface area contributed by atoms with Crippen molar-refractivity contribution in [1.29, 1.82) is 5.26 Å². The fourth-order valence-electron chi connectivity index (χ4n) is 2.45. The third-order valence-corrected chi connectivity index (χ3v) is 3.53. The molecule has 1 aromatic rings. The minimum Gasteiger partial charge on any atom is -0.464 e. The molecule has 1 fully saturated rings. The quantitative estimate of drug-likeness (QED) is 0.593. The molecule has 11 heteroatoms. The van der Waals surface area contributed by atoms with Gasteiger partial charge in [-0.05, 0) is 25.1 Å². The first-order chi connectivity index (χ1) is 12.0. The molecule has 5 nitrogen and oxygen atoms in total. The van der Waals surface area contributed by atoms with E-state index in [9.17, 15) is 31.1 Å². The average molecular weight is 382 g/mol. The molecule has 1 heterocycles. The van der Waals surface area contributed by atoms with Gasteiger partial charge >= 0.3 is 18.3 Å². The van der Waals surface area contributed by atoms with Crippen molar-refractivity contribution in [3.63, 3.8) is 0 Å². The largest absolute Gasteiger partial charge is 0.464 e. The first-order valence-corrected chi connectivity index (χ1v) is 7.25. The van der Waals surface area contributed by atoms with Gasteiger partial charge in [-0.25, -0.2) is 4.79 Å². The molecule has 2 rings (SSSR count). The Kier molecular flexibility index (Phi) is 5.36. The van der Waals surface area contributed by atoms with E-state index in [2.05, 4.69) is 9.47 Å². The van der Waals surface area contributed by atoms with Gasteiger partial charge in [-0.1, -0.05) is 0 Å². The first-order valence-electron chi connectivity index (χ1n) is 7.25. The van der Waals surface area contributed by atoms with Crippen LogP contribution in [0, 0.1) is 11.3 Å². The van der Waals surface area contributed by atoms with E-state index in [1.807, 2.05) is 0 Å². The standard InChI is InChI=1S/C15H12F6N2O3/c1-2-25-12(24)11-7-23(13(26-11)15(19,20)21)9-4-3-8(6-22)10(5-9)14(16,17)18/h3-5,11,13H,2,7H2,1H3/t11-,13-/m0/s1. The normalized spacial score (nSPS) is 20.8. The Morgan fingerprint density at radius 2 is 2.00 bits per heavy atom. The minimum atomic E-state index is -4.96. The number of anilines is 1. The lowest BCUT2D eigenvalue weighted by molar-refractivity contribution is -0.216. The van der Waals surface area contributed by atoms with Gasteiger partial charge in [-0.3, -0.25) is 0 Å². The van der Waals surface area contributed by atoms with E-state index < -0.39 is 54.0 Å². The van der Waals surface area contributed by atoms with Crippen LogP contribution in [0.4, 0.5) is 32.0 Å². The predicted octanol–water partition coefficient (Wildman–Crippen LogP) is 3.23. The summed E-state index contributed by atoms with van der Waals surface area (Å²) in [5.41, 5.74) is -2.59. The van der Waals surface area contributed by atoms with E-state index in [1.54, 1.807) is 0 Å². The molecule has 1 aliphatic heterocycles. The summed E-state index contributed by atoms with van der Waals surface area (Å²) in [5.74, 6) is -1.05. The van der Waals surface area contributed by atoms with Crippen LogP contribution in [0.2, 0.25) is 0 Å². The van der Waals surface area contributed by atoms with E-state index in [-0.39, 0.29) is 6.61 Å². The fraction of sp³-hybridized carbons (Fsp3) is 0.467. The summed E-state index contributed by atoms with van der Waals surface area (Å²) in [6.07, 6.45) is -14.1. The van der Waals surface area contributed by atoms with Crippen LogP contribution in [-0.4, -0.2) is 37.6 Å². The molecule has 26 heavy (non-hydrogen) atoms. The molecule has 1 saturated heterocycles. The highest BCUT2D eigenvalue weighted by Crippen LogP contribution is 2.39. The van der Waals surface area contributed by atoms with Crippen molar-refractivity contribution in [1.82, 2.24) is 0 Å². The number of carbonyl (C=O) groups excluding carboxylic acids is 1. The van der Waals surface area contributed by atoms with Crippen LogP contribution < -0.4 is 4.90 Å². The molecule has 0 amide bonds. The predicted molar refractivity (Wildman–Crippen MR) is 74.9 cm³/mol. The molecule has 2 atom stereocenters. The van der Waals surface area contributed by atoms with Crippen molar-refractivity contribution in [3.05, 3.63) is 29.3 Å². The van der Waals surface area contributed by atoms with Crippen molar-refractivity contribution >= 4 is 11.7 Å². The third kappa shape index (κ3) is 4.01. The second-order valence-corrected chi connectivity index (χ2v) is 5.26. The number of rotatable bonds is 3. The van der Waals surface area contributed by atoms with Gasteiger partial charge in [-0.2, -0.15) is 31.6 Å². The first kappa shape index (κ1) is 19.8. The number of halogens is 6. The zero-order chi connectivity index (χ0) is 19.7. The lowest BCUT2D eigenvalue weighted by Gasteiger charge is -2.27. The molecule has 1 aromatic carbocycles. The van der Waals surface area contributed by atoms with Gasteiger partial charge < -0.3 is 14.4 Å². The van der Waals surface area contributed by atoms with Crippen LogP contribution in [-0.2, 0) is 20.4 Å². The van der Waals surface area contributed by atoms with Crippen molar-refractivity contribution < 1.29 is 40.6 Å². The van der Waals surface area contributed by atoms with Crippen LogP contribution >= 0.6 is 0 Å². The lowest BCUT2D eigenvalue weighted by atomic mass is 10.1. The number of alkyl halides is 6. The summed E-state index contributed by atoms with van der Waals surface area (Å²) in [7, 11) is 0. The Bertz CT molecular complexity index is 726. The highest BCUT2D eigenvalue weighted by molar-refractivity contribution is 5.76. The van der Waals surface area contributed by atoms with Gasteiger partial charge in [0.15, 0.2) is 6.10 Å². The van der Waals surface area contributed by atoms with Crippen LogP contribution in [0.3, 0.4) is 0 Å². The van der Waals surface area contributed by atoms with E-state index in [0.29, 0.717) is 11.0 Å². The molecule has 1 aliphatic rings. The second kappa shape index (κ2) is 7.03. The fourth-order valence-corrected chi connectivity index (χ4v) is 2.45. The molecule has 0 spiro atoms. The summed E-state index contributed by atoms with van der Waals surface area (Å²) >= 11 is 0. The SMILES string of the molecule is CCOC(=O)[C@@H]1CN(c2ccc(C#N)c(C(F)(F)F)c2)[C@H](C(F)(F)F)O1. The van der Waals surface area contributed by atoms with Crippen LogP contribution in [0.25, 0.3) is 0 Å². The highest BCUT2D eigenvalue weighted by atomic mass is 19.4. The summed E-state index contributed by atoms with van der Waals surface area (Å²) in [4.78, 5) is 12.1. The van der Waals surface area contributed by atoms with Gasteiger partial charge in [-0.15, -0.1) is 0 Å². The van der Waals surface area contributed by atoms with Gasteiger partial charge in [0.05, 0.1) is 30.3 Å². The van der Waals surface area contributed by atoms with Gasteiger partial charge in [0.1, 0.15) is 0 Å². The van der Waals surface area contributed by atoms with Gasteiger partial charge in [0.2, 0.25) is 6.23 Å². The van der Waals surface area contributed by atoms with Crippen molar-refractivity contribution in [2.45, 2.75) is 31.6 Å². The van der Waals surface area contributed by atoms with E-state index in [4.69, 9.17) is 5.26 Å². The molecule has 0 aliphatic carbocycles. The Morgan fingerprint density at radius 3 is 2.50 bits per heavy atom. The Hall–Kier alpha value is -2.48. The zero-order valence-corrected chi connectivity index (χ0v) is 13.2. The summed E-state index contributed by atoms with van der Waals surface area (Å²) < 4.78 is 88.0. The summed E-state index contributed by atoms with van der Waals surface area (Å²) in [6, 6.07) is 3.46. The van der Waals surface area contributed by atoms with E-state index >= 15 is 0 Å². The molecule has 0 unspecified atom stereocenters. The number of hydrogen-bond acceptors (Lipinski definition) is 5. The third-order valence-electron chi connectivity index (χ3n) is 3.53. The maximum Gasteiger partial charge on any atom is 0.433 e. The molecular weight excluding hydrogens is 370 g/mol. The number of carbonyl (C=O) groups is 1. The maximum absolute atomic E-state index is 13.2. The molecule has 0 radical (unpaired) electrons. The molecule has 0 saturated carbocycles. The monoisotopic (exact) mass is 382 g/mol. The highest BCUT2D eigenvalue weighted by Gasteiger charge is 2.53. The number of ether oxygens (including phenoxy) is 2. The number of esters is 1. The second-order valence-electron chi connectivity index (χ2n) is 5.26. The van der Waals surface area contributed by atoms with Gasteiger partial charge in [0.25, 0.3) is 0 Å². The summed E-state index contributed by atoms with van der Waals surface area (Å²) in [5, 5.41) is 8.76. The Labute approximate surface area is 143 Å². The van der Waals surface area contributed by atoms with Crippen molar-refractivity contribution in [3.8, 4) is 6.07 Å². The van der Waals surface area contributed by atoms with Crippen molar-refractivity contribution in [2.75, 3.05) is 18.1 Å². The van der Waals surface area contributed by atoms with Crippen molar-refractivity contribution in [2.24, 2.45) is 0 Å². The van der Waals surface area contributed by atoms with Crippen LogP contribution in [0.1, 0.15) is 18.1 Å². The zero-order valence-electron chi connectivity index (χ0n) is 13.2. The minimum absolute atomic E-state index is 0.0928.